The Morgan fingerprint density at radius 3 is 1.32 bits per heavy atom. The van der Waals surface area contributed by atoms with Crippen LogP contribution in [-0.2, 0) is 54.8 Å². The number of methoxy groups -OCH3 is 1. The van der Waals surface area contributed by atoms with Gasteiger partial charge in [-0.1, -0.05) is 121 Å². The number of rotatable bonds is 14. The van der Waals surface area contributed by atoms with Crippen LogP contribution in [0.5, 0.6) is 0 Å². The molecular weight excluding hydrogens is 516 g/mol. The van der Waals surface area contributed by atoms with Crippen LogP contribution in [-0.4, -0.2) is 44.4 Å². The van der Waals surface area contributed by atoms with Gasteiger partial charge < -0.3 is 28.4 Å². The van der Waals surface area contributed by atoms with Crippen molar-refractivity contribution in [3.63, 3.8) is 0 Å². The number of benzene rings is 4. The Bertz CT molecular complexity index is 1260. The van der Waals surface area contributed by atoms with Crippen molar-refractivity contribution in [1.29, 1.82) is 0 Å². The number of hydrogen-bond donors (Lipinski definition) is 0. The Labute approximate surface area is 242 Å². The Balaban J connectivity index is 1.38. The SMILES string of the molecule is CO[C@@H]1OC(COCc2ccccc2)[C@H](OCc2ccccc2)[C@H](OCc2ccccc2)C1OCc1ccccc1. The lowest BCUT2D eigenvalue weighted by molar-refractivity contribution is -0.323. The van der Waals surface area contributed by atoms with E-state index < -0.39 is 30.7 Å². The zero-order chi connectivity index (χ0) is 28.1. The maximum atomic E-state index is 6.63. The van der Waals surface area contributed by atoms with Crippen LogP contribution in [0.25, 0.3) is 0 Å². The predicted molar refractivity (Wildman–Crippen MR) is 157 cm³/mol. The molecule has 0 amide bonds. The third kappa shape index (κ3) is 8.57. The lowest BCUT2D eigenvalue weighted by atomic mass is 9.97. The summed E-state index contributed by atoms with van der Waals surface area (Å²) in [5.41, 5.74) is 4.27. The van der Waals surface area contributed by atoms with Gasteiger partial charge in [0.2, 0.25) is 0 Å². The van der Waals surface area contributed by atoms with Gasteiger partial charge in [-0.15, -0.1) is 0 Å². The summed E-state index contributed by atoms with van der Waals surface area (Å²) in [4.78, 5) is 0. The van der Waals surface area contributed by atoms with Gasteiger partial charge in [0.1, 0.15) is 24.4 Å². The summed E-state index contributed by atoms with van der Waals surface area (Å²) in [5, 5.41) is 0. The molecule has 6 heteroatoms. The van der Waals surface area contributed by atoms with Crippen molar-refractivity contribution in [2.24, 2.45) is 0 Å². The first-order valence-electron chi connectivity index (χ1n) is 14.1. The highest BCUT2D eigenvalue weighted by molar-refractivity contribution is 5.16. The first-order valence-corrected chi connectivity index (χ1v) is 14.1. The molecule has 5 atom stereocenters. The van der Waals surface area contributed by atoms with Gasteiger partial charge in [-0.3, -0.25) is 0 Å². The summed E-state index contributed by atoms with van der Waals surface area (Å²) in [7, 11) is 1.63. The molecule has 0 N–H and O–H groups in total. The van der Waals surface area contributed by atoms with E-state index in [1.165, 1.54) is 0 Å². The molecule has 0 aromatic heterocycles. The van der Waals surface area contributed by atoms with Crippen LogP contribution in [0.4, 0.5) is 0 Å². The predicted octanol–water partition coefficient (Wildman–Crippen LogP) is 6.33. The minimum atomic E-state index is -0.665. The summed E-state index contributed by atoms with van der Waals surface area (Å²) < 4.78 is 38.2. The summed E-state index contributed by atoms with van der Waals surface area (Å²) in [5.74, 6) is 0. The van der Waals surface area contributed by atoms with E-state index in [9.17, 15) is 0 Å². The zero-order valence-electron chi connectivity index (χ0n) is 23.4. The molecule has 0 saturated carbocycles. The first kappa shape index (κ1) is 29.1. The topological polar surface area (TPSA) is 55.4 Å². The van der Waals surface area contributed by atoms with Gasteiger partial charge in [-0.2, -0.15) is 0 Å². The highest BCUT2D eigenvalue weighted by atomic mass is 16.7. The molecule has 1 heterocycles. The minimum absolute atomic E-state index is 0.310. The Morgan fingerprint density at radius 2 is 0.878 bits per heavy atom. The molecule has 0 spiro atoms. The van der Waals surface area contributed by atoms with Crippen molar-refractivity contribution in [3.8, 4) is 0 Å². The monoisotopic (exact) mass is 554 g/mol. The lowest BCUT2D eigenvalue weighted by Gasteiger charge is -2.45. The fourth-order valence-corrected chi connectivity index (χ4v) is 4.94. The Kier molecular flexibility index (Phi) is 11.1. The van der Waals surface area contributed by atoms with E-state index in [1.807, 2.05) is 121 Å². The molecule has 214 valence electrons. The van der Waals surface area contributed by atoms with Gasteiger partial charge in [0.05, 0.1) is 33.0 Å². The molecule has 1 fully saturated rings. The van der Waals surface area contributed by atoms with Crippen LogP contribution < -0.4 is 0 Å². The fraction of sp³-hybridized carbons (Fsp3) is 0.314. The molecule has 2 unspecified atom stereocenters. The molecule has 5 rings (SSSR count). The lowest BCUT2D eigenvalue weighted by Crippen LogP contribution is -2.61. The molecule has 0 radical (unpaired) electrons. The van der Waals surface area contributed by atoms with E-state index >= 15 is 0 Å². The molecular formula is C35H38O6. The first-order chi connectivity index (χ1) is 20.3. The van der Waals surface area contributed by atoms with Crippen LogP contribution in [0.1, 0.15) is 22.3 Å². The van der Waals surface area contributed by atoms with E-state index in [4.69, 9.17) is 28.4 Å². The summed E-state index contributed by atoms with van der Waals surface area (Å²) in [6, 6.07) is 40.4. The maximum absolute atomic E-state index is 6.63. The number of ether oxygens (including phenoxy) is 6. The highest BCUT2D eigenvalue weighted by Crippen LogP contribution is 2.31. The average Bonchev–Trinajstić information content (AvgIpc) is 3.04. The summed E-state index contributed by atoms with van der Waals surface area (Å²) in [6.07, 6.45) is -2.59. The quantitative estimate of drug-likeness (QED) is 0.182. The van der Waals surface area contributed by atoms with Crippen molar-refractivity contribution in [2.45, 2.75) is 57.1 Å². The van der Waals surface area contributed by atoms with Gasteiger partial charge in [0.15, 0.2) is 6.29 Å². The van der Waals surface area contributed by atoms with E-state index in [2.05, 4.69) is 0 Å². The second kappa shape index (κ2) is 15.6. The largest absolute Gasteiger partial charge is 0.374 e. The van der Waals surface area contributed by atoms with Crippen LogP contribution in [0.15, 0.2) is 121 Å². The standard InChI is InChI=1S/C35H38O6/c1-36-35-34(40-25-30-20-12-5-13-21-30)33(39-24-29-18-10-4-11-19-29)32(38-23-28-16-8-3-9-17-28)31(41-35)26-37-22-27-14-6-2-7-15-27/h2-21,31-35H,22-26H2,1H3/t31?,32-,33-,34?,35+/m0/s1. The van der Waals surface area contributed by atoms with Crippen molar-refractivity contribution in [3.05, 3.63) is 144 Å². The smallest absolute Gasteiger partial charge is 0.186 e. The van der Waals surface area contributed by atoms with E-state index in [-0.39, 0.29) is 0 Å². The van der Waals surface area contributed by atoms with Crippen LogP contribution in [0, 0.1) is 0 Å². The third-order valence-electron chi connectivity index (χ3n) is 7.07. The van der Waals surface area contributed by atoms with Gasteiger partial charge in [-0.25, -0.2) is 0 Å². The molecule has 4 aromatic rings. The van der Waals surface area contributed by atoms with Crippen LogP contribution >= 0.6 is 0 Å². The fourth-order valence-electron chi connectivity index (χ4n) is 4.94. The highest BCUT2D eigenvalue weighted by Gasteiger charge is 2.48. The third-order valence-corrected chi connectivity index (χ3v) is 7.07. The second-order valence-corrected chi connectivity index (χ2v) is 10.1. The van der Waals surface area contributed by atoms with Gasteiger partial charge >= 0.3 is 0 Å². The molecule has 41 heavy (non-hydrogen) atoms. The van der Waals surface area contributed by atoms with Crippen molar-refractivity contribution in [2.75, 3.05) is 13.7 Å². The minimum Gasteiger partial charge on any atom is -0.374 e. The van der Waals surface area contributed by atoms with Crippen molar-refractivity contribution < 1.29 is 28.4 Å². The molecule has 1 aliphatic rings. The molecule has 6 nitrogen and oxygen atoms in total. The zero-order valence-corrected chi connectivity index (χ0v) is 23.4. The Morgan fingerprint density at radius 1 is 0.488 bits per heavy atom. The van der Waals surface area contributed by atoms with E-state index in [1.54, 1.807) is 7.11 Å². The normalized spacial score (nSPS) is 22.4. The van der Waals surface area contributed by atoms with Crippen molar-refractivity contribution in [1.82, 2.24) is 0 Å². The summed E-state index contributed by atoms with van der Waals surface area (Å²) >= 11 is 0. The molecule has 1 saturated heterocycles. The van der Waals surface area contributed by atoms with E-state index in [0.717, 1.165) is 22.3 Å². The van der Waals surface area contributed by atoms with Crippen molar-refractivity contribution >= 4 is 0 Å². The molecule has 0 bridgehead atoms. The molecule has 0 aliphatic carbocycles. The summed E-state index contributed by atoms with van der Waals surface area (Å²) in [6.45, 7) is 1.97. The number of hydrogen-bond acceptors (Lipinski definition) is 6. The average molecular weight is 555 g/mol. The van der Waals surface area contributed by atoms with Gasteiger partial charge in [0, 0.05) is 7.11 Å². The van der Waals surface area contributed by atoms with E-state index in [0.29, 0.717) is 33.0 Å². The van der Waals surface area contributed by atoms with Gasteiger partial charge in [0.25, 0.3) is 0 Å². The maximum Gasteiger partial charge on any atom is 0.186 e. The second-order valence-electron chi connectivity index (χ2n) is 10.1. The molecule has 4 aromatic carbocycles. The van der Waals surface area contributed by atoms with Gasteiger partial charge in [-0.05, 0) is 22.3 Å². The molecule has 1 aliphatic heterocycles. The van der Waals surface area contributed by atoms with Crippen LogP contribution in [0.2, 0.25) is 0 Å². The van der Waals surface area contributed by atoms with Crippen LogP contribution in [0.3, 0.4) is 0 Å². The Hall–Kier alpha value is -3.36.